The minimum absolute atomic E-state index is 0.0734. The van der Waals surface area contributed by atoms with E-state index in [9.17, 15) is 24.4 Å². The predicted molar refractivity (Wildman–Crippen MR) is 106 cm³/mol. The first-order chi connectivity index (χ1) is 13.7. The first-order valence-corrected chi connectivity index (χ1v) is 8.81. The van der Waals surface area contributed by atoms with Crippen LogP contribution in [0.2, 0.25) is 5.02 Å². The number of phenolic OH excluding ortho intramolecular Hbond substituents is 1. The van der Waals surface area contributed by atoms with Gasteiger partial charge in [-0.25, -0.2) is 4.39 Å². The Hall–Kier alpha value is -3.46. The van der Waals surface area contributed by atoms with Gasteiger partial charge in [-0.2, -0.15) is 10.1 Å². The van der Waals surface area contributed by atoms with E-state index in [0.29, 0.717) is 5.71 Å². The standard InChI is InChI=1S/C19H15ClFN3O5/c1-3-29-17-8-11(7-16(18(17)25)24(27)28)6-13-10(2)22-23(19(13)26)12-4-5-15(21)14(20)9-12/h4-9,25H,3H2,1-2H3. The number of benzene rings is 2. The average molecular weight is 420 g/mol. The van der Waals surface area contributed by atoms with Crippen LogP contribution in [0.3, 0.4) is 0 Å². The summed E-state index contributed by atoms with van der Waals surface area (Å²) >= 11 is 5.77. The van der Waals surface area contributed by atoms with Crippen molar-refractivity contribution in [3.8, 4) is 11.5 Å². The van der Waals surface area contributed by atoms with Crippen LogP contribution >= 0.6 is 11.6 Å². The Labute approximate surface area is 169 Å². The van der Waals surface area contributed by atoms with E-state index in [1.54, 1.807) is 13.8 Å². The Balaban J connectivity index is 2.03. The van der Waals surface area contributed by atoms with Gasteiger partial charge < -0.3 is 9.84 Å². The minimum Gasteiger partial charge on any atom is -0.500 e. The van der Waals surface area contributed by atoms with Crippen molar-refractivity contribution in [3.63, 3.8) is 0 Å². The second kappa shape index (κ2) is 7.88. The molecule has 0 bridgehead atoms. The van der Waals surface area contributed by atoms with E-state index < -0.39 is 28.1 Å². The van der Waals surface area contributed by atoms with E-state index >= 15 is 0 Å². The normalized spacial score (nSPS) is 15.0. The number of hydrogen-bond donors (Lipinski definition) is 1. The van der Waals surface area contributed by atoms with E-state index in [1.807, 2.05) is 0 Å². The minimum atomic E-state index is -0.746. The quantitative estimate of drug-likeness (QED) is 0.442. The molecule has 0 unspecified atom stereocenters. The summed E-state index contributed by atoms with van der Waals surface area (Å²) in [6.45, 7) is 3.44. The lowest BCUT2D eigenvalue weighted by Gasteiger charge is -2.12. The summed E-state index contributed by atoms with van der Waals surface area (Å²) in [4.78, 5) is 23.3. The van der Waals surface area contributed by atoms with Gasteiger partial charge in [0.15, 0.2) is 5.75 Å². The maximum Gasteiger partial charge on any atom is 0.315 e. The van der Waals surface area contributed by atoms with Crippen molar-refractivity contribution in [1.82, 2.24) is 0 Å². The number of hydrogen-bond acceptors (Lipinski definition) is 6. The molecule has 29 heavy (non-hydrogen) atoms. The van der Waals surface area contributed by atoms with Gasteiger partial charge >= 0.3 is 5.69 Å². The number of nitrogens with zero attached hydrogens (tertiary/aromatic N) is 3. The zero-order valence-electron chi connectivity index (χ0n) is 15.3. The number of nitro benzene ring substituents is 1. The molecule has 1 aliphatic rings. The molecular formula is C19H15ClFN3O5. The third kappa shape index (κ3) is 3.90. The van der Waals surface area contributed by atoms with Gasteiger partial charge in [0.25, 0.3) is 5.91 Å². The van der Waals surface area contributed by atoms with Gasteiger partial charge in [0, 0.05) is 6.07 Å². The van der Waals surface area contributed by atoms with Crippen LogP contribution in [0.4, 0.5) is 15.8 Å². The molecule has 1 aliphatic heterocycles. The number of ether oxygens (including phenoxy) is 1. The second-order valence-electron chi connectivity index (χ2n) is 6.04. The molecule has 1 N–H and O–H groups in total. The fraction of sp³-hybridized carbons (Fsp3) is 0.158. The lowest BCUT2D eigenvalue weighted by atomic mass is 10.1. The van der Waals surface area contributed by atoms with E-state index in [4.69, 9.17) is 16.3 Å². The van der Waals surface area contributed by atoms with Gasteiger partial charge in [-0.05, 0) is 49.8 Å². The van der Waals surface area contributed by atoms with Crippen molar-refractivity contribution in [3.05, 3.63) is 62.4 Å². The van der Waals surface area contributed by atoms with Crippen LogP contribution in [0, 0.1) is 15.9 Å². The highest BCUT2D eigenvalue weighted by Gasteiger charge is 2.30. The molecule has 10 heteroatoms. The summed E-state index contributed by atoms with van der Waals surface area (Å²) in [5.41, 5.74) is 0.521. The molecule has 2 aromatic rings. The molecule has 150 valence electrons. The zero-order chi connectivity index (χ0) is 21.3. The van der Waals surface area contributed by atoms with Crippen molar-refractivity contribution >= 4 is 40.7 Å². The van der Waals surface area contributed by atoms with Crippen LogP contribution in [0.5, 0.6) is 11.5 Å². The van der Waals surface area contributed by atoms with Gasteiger partial charge in [-0.3, -0.25) is 14.9 Å². The summed E-state index contributed by atoms with van der Waals surface area (Å²) in [5, 5.41) is 26.3. The maximum atomic E-state index is 13.4. The summed E-state index contributed by atoms with van der Waals surface area (Å²) < 4.78 is 18.6. The van der Waals surface area contributed by atoms with Crippen molar-refractivity contribution in [2.75, 3.05) is 11.6 Å². The number of halogens is 2. The molecule has 0 atom stereocenters. The lowest BCUT2D eigenvalue weighted by Crippen LogP contribution is -2.21. The monoisotopic (exact) mass is 419 g/mol. The van der Waals surface area contributed by atoms with Gasteiger partial charge in [0.05, 0.1) is 33.5 Å². The number of hydrazone groups is 1. The van der Waals surface area contributed by atoms with Crippen molar-refractivity contribution < 1.29 is 24.0 Å². The molecule has 1 heterocycles. The molecule has 0 saturated heterocycles. The molecule has 0 fully saturated rings. The van der Waals surface area contributed by atoms with Crippen molar-refractivity contribution in [2.45, 2.75) is 13.8 Å². The number of nitro groups is 1. The molecule has 3 rings (SSSR count). The van der Waals surface area contributed by atoms with Crippen LogP contribution in [0.15, 0.2) is 41.0 Å². The highest BCUT2D eigenvalue weighted by Crippen LogP contribution is 2.38. The van der Waals surface area contributed by atoms with Crippen LogP contribution in [0.1, 0.15) is 19.4 Å². The molecule has 2 aromatic carbocycles. The Morgan fingerprint density at radius 2 is 2.10 bits per heavy atom. The number of rotatable bonds is 5. The summed E-state index contributed by atoms with van der Waals surface area (Å²) in [6.07, 6.45) is 1.40. The third-order valence-electron chi connectivity index (χ3n) is 4.10. The molecule has 0 aliphatic carbocycles. The molecule has 0 aromatic heterocycles. The van der Waals surface area contributed by atoms with E-state index in [-0.39, 0.29) is 34.2 Å². The number of carbonyl (C=O) groups excluding carboxylic acids is 1. The number of amides is 1. The van der Waals surface area contributed by atoms with Gasteiger partial charge in [0.1, 0.15) is 5.82 Å². The smallest absolute Gasteiger partial charge is 0.315 e. The Bertz CT molecular complexity index is 1080. The molecule has 0 radical (unpaired) electrons. The van der Waals surface area contributed by atoms with E-state index in [0.717, 1.165) is 17.1 Å². The number of carbonyl (C=O) groups is 1. The van der Waals surface area contributed by atoms with Crippen LogP contribution in [0.25, 0.3) is 6.08 Å². The first-order valence-electron chi connectivity index (χ1n) is 8.44. The molecule has 1 amide bonds. The average Bonchev–Trinajstić information content (AvgIpc) is 2.94. The summed E-state index contributed by atoms with van der Waals surface area (Å²) in [6, 6.07) is 6.26. The SMILES string of the molecule is CCOc1cc(C=C2C(=O)N(c3ccc(F)c(Cl)c3)N=C2C)cc([N+](=O)[O-])c1O. The predicted octanol–water partition coefficient (Wildman–Crippen LogP) is 4.30. The van der Waals surface area contributed by atoms with E-state index in [2.05, 4.69) is 5.10 Å². The van der Waals surface area contributed by atoms with Crippen molar-refractivity contribution in [1.29, 1.82) is 0 Å². The van der Waals surface area contributed by atoms with Crippen LogP contribution in [-0.4, -0.2) is 28.3 Å². The number of phenols is 1. The molecule has 0 spiro atoms. The third-order valence-corrected chi connectivity index (χ3v) is 4.38. The Morgan fingerprint density at radius 1 is 1.38 bits per heavy atom. The lowest BCUT2D eigenvalue weighted by molar-refractivity contribution is -0.386. The number of aromatic hydroxyl groups is 1. The number of anilines is 1. The summed E-state index contributed by atoms with van der Waals surface area (Å²) in [7, 11) is 0. The highest BCUT2D eigenvalue weighted by atomic mass is 35.5. The molecular weight excluding hydrogens is 405 g/mol. The van der Waals surface area contributed by atoms with E-state index in [1.165, 1.54) is 24.3 Å². The summed E-state index contributed by atoms with van der Waals surface area (Å²) in [5.74, 6) is -1.81. The fourth-order valence-corrected chi connectivity index (χ4v) is 2.92. The fourth-order valence-electron chi connectivity index (χ4n) is 2.74. The Morgan fingerprint density at radius 3 is 2.72 bits per heavy atom. The topological polar surface area (TPSA) is 105 Å². The Kier molecular flexibility index (Phi) is 5.51. The highest BCUT2D eigenvalue weighted by molar-refractivity contribution is 6.33. The van der Waals surface area contributed by atoms with Crippen LogP contribution < -0.4 is 9.75 Å². The maximum absolute atomic E-state index is 13.4. The van der Waals surface area contributed by atoms with Gasteiger partial charge in [-0.1, -0.05) is 11.6 Å². The van der Waals surface area contributed by atoms with Gasteiger partial charge in [0.2, 0.25) is 5.75 Å². The first kappa shape index (κ1) is 20.3. The molecule has 8 nitrogen and oxygen atoms in total. The van der Waals surface area contributed by atoms with Crippen LogP contribution in [-0.2, 0) is 4.79 Å². The second-order valence-corrected chi connectivity index (χ2v) is 6.44. The largest absolute Gasteiger partial charge is 0.500 e. The van der Waals surface area contributed by atoms with Crippen molar-refractivity contribution in [2.24, 2.45) is 5.10 Å². The molecule has 0 saturated carbocycles. The zero-order valence-corrected chi connectivity index (χ0v) is 16.1. The van der Waals surface area contributed by atoms with Gasteiger partial charge in [-0.15, -0.1) is 0 Å².